The van der Waals surface area contributed by atoms with Gasteiger partial charge in [-0.3, -0.25) is 0 Å². The second-order valence-electron chi connectivity index (χ2n) is 2.89. The molecular formula is C9H13BrClNO. The summed E-state index contributed by atoms with van der Waals surface area (Å²) in [7, 11) is 0. The normalized spacial score (nSPS) is 9.54. The third kappa shape index (κ3) is 4.39. The standard InChI is InChI=1S/C9H12BrNO.ClH/c1-6(2)12-9-4-7(10)3-8(11)5-9;/h3-6H,11H2,1-2H3;1H. The van der Waals surface area contributed by atoms with Crippen molar-refractivity contribution in [1.29, 1.82) is 0 Å². The van der Waals surface area contributed by atoms with Gasteiger partial charge in [-0.05, 0) is 26.0 Å². The molecule has 4 heteroatoms. The fourth-order valence-electron chi connectivity index (χ4n) is 0.925. The highest BCUT2D eigenvalue weighted by Crippen LogP contribution is 2.23. The van der Waals surface area contributed by atoms with Crippen molar-refractivity contribution in [2.24, 2.45) is 0 Å². The lowest BCUT2D eigenvalue weighted by atomic mass is 10.3. The molecule has 2 N–H and O–H groups in total. The zero-order chi connectivity index (χ0) is 9.14. The Hall–Kier alpha value is -0.410. The molecule has 74 valence electrons. The highest BCUT2D eigenvalue weighted by molar-refractivity contribution is 9.10. The molecule has 0 saturated carbocycles. The van der Waals surface area contributed by atoms with Crippen molar-refractivity contribution in [2.45, 2.75) is 20.0 Å². The van der Waals surface area contributed by atoms with Crippen LogP contribution in [0, 0.1) is 0 Å². The maximum atomic E-state index is 5.63. The third-order valence-electron chi connectivity index (χ3n) is 1.27. The number of nitrogens with two attached hydrogens (primary N) is 1. The molecule has 0 saturated heterocycles. The molecule has 1 aromatic carbocycles. The highest BCUT2D eigenvalue weighted by Gasteiger charge is 1.99. The van der Waals surface area contributed by atoms with E-state index in [1.165, 1.54) is 0 Å². The van der Waals surface area contributed by atoms with E-state index in [0.717, 1.165) is 10.2 Å². The molecule has 0 aliphatic rings. The monoisotopic (exact) mass is 265 g/mol. The molecule has 0 unspecified atom stereocenters. The van der Waals surface area contributed by atoms with E-state index < -0.39 is 0 Å². The Balaban J connectivity index is 0.00000144. The van der Waals surface area contributed by atoms with E-state index in [9.17, 15) is 0 Å². The number of hydrogen-bond donors (Lipinski definition) is 1. The molecule has 0 amide bonds. The first kappa shape index (κ1) is 12.6. The van der Waals surface area contributed by atoms with Gasteiger partial charge in [-0.1, -0.05) is 15.9 Å². The Kier molecular flexibility index (Phi) is 5.18. The Morgan fingerprint density at radius 1 is 1.31 bits per heavy atom. The van der Waals surface area contributed by atoms with Crippen LogP contribution in [-0.2, 0) is 0 Å². The largest absolute Gasteiger partial charge is 0.491 e. The number of halogens is 2. The van der Waals surface area contributed by atoms with Crippen molar-refractivity contribution in [3.63, 3.8) is 0 Å². The molecule has 1 rings (SSSR count). The molecule has 0 bridgehead atoms. The van der Waals surface area contributed by atoms with Gasteiger partial charge in [-0.25, -0.2) is 0 Å². The van der Waals surface area contributed by atoms with Gasteiger partial charge >= 0.3 is 0 Å². The first-order valence-corrected chi connectivity index (χ1v) is 4.60. The highest BCUT2D eigenvalue weighted by atomic mass is 79.9. The van der Waals surface area contributed by atoms with Crippen LogP contribution < -0.4 is 10.5 Å². The van der Waals surface area contributed by atoms with E-state index in [1.54, 1.807) is 0 Å². The minimum atomic E-state index is 0. The predicted molar refractivity (Wildman–Crippen MR) is 61.6 cm³/mol. The predicted octanol–water partition coefficient (Wildman–Crippen LogP) is 3.24. The van der Waals surface area contributed by atoms with Crippen molar-refractivity contribution in [2.75, 3.05) is 5.73 Å². The van der Waals surface area contributed by atoms with Crippen LogP contribution in [0.5, 0.6) is 5.75 Å². The maximum Gasteiger partial charge on any atom is 0.122 e. The van der Waals surface area contributed by atoms with E-state index in [2.05, 4.69) is 15.9 Å². The average Bonchev–Trinajstić information content (AvgIpc) is 1.81. The summed E-state index contributed by atoms with van der Waals surface area (Å²) in [6.07, 6.45) is 0.179. The Morgan fingerprint density at radius 2 is 1.92 bits per heavy atom. The van der Waals surface area contributed by atoms with Crippen LogP contribution in [0.4, 0.5) is 5.69 Å². The molecule has 0 spiro atoms. The maximum absolute atomic E-state index is 5.63. The summed E-state index contributed by atoms with van der Waals surface area (Å²) in [6, 6.07) is 5.55. The summed E-state index contributed by atoms with van der Waals surface area (Å²) in [4.78, 5) is 0. The lowest BCUT2D eigenvalue weighted by Crippen LogP contribution is -2.05. The number of nitrogen functional groups attached to an aromatic ring is 1. The molecule has 13 heavy (non-hydrogen) atoms. The van der Waals surface area contributed by atoms with Gasteiger partial charge < -0.3 is 10.5 Å². The quantitative estimate of drug-likeness (QED) is 0.834. The Labute approximate surface area is 93.0 Å². The van der Waals surface area contributed by atoms with Crippen LogP contribution in [0.15, 0.2) is 22.7 Å². The second-order valence-corrected chi connectivity index (χ2v) is 3.80. The first-order chi connectivity index (χ1) is 5.58. The van der Waals surface area contributed by atoms with Gasteiger partial charge in [0.25, 0.3) is 0 Å². The van der Waals surface area contributed by atoms with Gasteiger partial charge in [0.05, 0.1) is 6.10 Å². The number of hydrogen-bond acceptors (Lipinski definition) is 2. The Morgan fingerprint density at radius 3 is 2.38 bits per heavy atom. The number of anilines is 1. The van der Waals surface area contributed by atoms with Gasteiger partial charge in [-0.2, -0.15) is 0 Å². The second kappa shape index (κ2) is 5.35. The van der Waals surface area contributed by atoms with E-state index in [1.807, 2.05) is 32.0 Å². The molecule has 0 aliphatic heterocycles. The minimum Gasteiger partial charge on any atom is -0.491 e. The summed E-state index contributed by atoms with van der Waals surface area (Å²) in [6.45, 7) is 3.97. The van der Waals surface area contributed by atoms with Gasteiger partial charge in [0.15, 0.2) is 0 Å². The lowest BCUT2D eigenvalue weighted by Gasteiger charge is -2.10. The summed E-state index contributed by atoms with van der Waals surface area (Å²) in [5.74, 6) is 0.803. The van der Waals surface area contributed by atoms with Gasteiger partial charge in [0, 0.05) is 16.2 Å². The fraction of sp³-hybridized carbons (Fsp3) is 0.333. The summed E-state index contributed by atoms with van der Waals surface area (Å²) < 4.78 is 6.41. The van der Waals surface area contributed by atoms with Crippen molar-refractivity contribution in [3.05, 3.63) is 22.7 Å². The van der Waals surface area contributed by atoms with Crippen molar-refractivity contribution in [1.82, 2.24) is 0 Å². The molecule has 0 atom stereocenters. The van der Waals surface area contributed by atoms with E-state index in [0.29, 0.717) is 5.69 Å². The van der Waals surface area contributed by atoms with Gasteiger partial charge in [0.2, 0.25) is 0 Å². The van der Waals surface area contributed by atoms with Gasteiger partial charge in [0.1, 0.15) is 5.75 Å². The molecule has 0 aliphatic carbocycles. The number of rotatable bonds is 2. The zero-order valence-corrected chi connectivity index (χ0v) is 9.98. The molecule has 1 aromatic rings. The van der Waals surface area contributed by atoms with Crippen LogP contribution in [0.2, 0.25) is 0 Å². The Bertz CT molecular complexity index is 258. The van der Waals surface area contributed by atoms with E-state index in [4.69, 9.17) is 10.5 Å². The lowest BCUT2D eigenvalue weighted by molar-refractivity contribution is 0.242. The topological polar surface area (TPSA) is 35.2 Å². The van der Waals surface area contributed by atoms with Crippen molar-refractivity contribution < 1.29 is 4.74 Å². The molecule has 0 heterocycles. The van der Waals surface area contributed by atoms with Crippen molar-refractivity contribution >= 4 is 34.0 Å². The number of benzene rings is 1. The molecule has 0 aromatic heterocycles. The van der Waals surface area contributed by atoms with Gasteiger partial charge in [-0.15, -0.1) is 12.4 Å². The average molecular weight is 267 g/mol. The SMILES string of the molecule is CC(C)Oc1cc(N)cc(Br)c1.Cl. The van der Waals surface area contributed by atoms with Crippen LogP contribution in [0.25, 0.3) is 0 Å². The summed E-state index contributed by atoms with van der Waals surface area (Å²) in [5.41, 5.74) is 6.33. The summed E-state index contributed by atoms with van der Waals surface area (Å²) in [5, 5.41) is 0. The fourth-order valence-corrected chi connectivity index (χ4v) is 1.41. The van der Waals surface area contributed by atoms with Crippen LogP contribution >= 0.6 is 28.3 Å². The minimum absolute atomic E-state index is 0. The van der Waals surface area contributed by atoms with Crippen LogP contribution in [-0.4, -0.2) is 6.10 Å². The number of ether oxygens (including phenoxy) is 1. The van der Waals surface area contributed by atoms with Crippen molar-refractivity contribution in [3.8, 4) is 5.75 Å². The zero-order valence-electron chi connectivity index (χ0n) is 7.58. The first-order valence-electron chi connectivity index (χ1n) is 3.80. The van der Waals surface area contributed by atoms with Crippen LogP contribution in [0.1, 0.15) is 13.8 Å². The van der Waals surface area contributed by atoms with Crippen LogP contribution in [0.3, 0.4) is 0 Å². The molecule has 0 fully saturated rings. The summed E-state index contributed by atoms with van der Waals surface area (Å²) >= 11 is 3.34. The van der Waals surface area contributed by atoms with E-state index >= 15 is 0 Å². The smallest absolute Gasteiger partial charge is 0.122 e. The molecule has 0 radical (unpaired) electrons. The molecular weight excluding hydrogens is 253 g/mol. The van der Waals surface area contributed by atoms with E-state index in [-0.39, 0.29) is 18.5 Å². The third-order valence-corrected chi connectivity index (χ3v) is 1.72. The molecule has 2 nitrogen and oxygen atoms in total.